The number of pyridine rings is 1. The molecule has 0 aliphatic heterocycles. The summed E-state index contributed by atoms with van der Waals surface area (Å²) in [4.78, 5) is 13.6. The van der Waals surface area contributed by atoms with Crippen LogP contribution < -0.4 is 0 Å². The molecule has 1 heterocycles. The van der Waals surface area contributed by atoms with Crippen LogP contribution in [0.25, 0.3) is 11.6 Å². The number of nitro benzene ring substituents is 1. The van der Waals surface area contributed by atoms with E-state index in [1.807, 2.05) is 0 Å². The van der Waals surface area contributed by atoms with Gasteiger partial charge in [0.05, 0.1) is 22.1 Å². The van der Waals surface area contributed by atoms with Crippen LogP contribution in [0.5, 0.6) is 11.5 Å². The lowest BCUT2D eigenvalue weighted by molar-refractivity contribution is -0.386. The number of phenols is 2. The molecule has 0 atom stereocenters. The summed E-state index contributed by atoms with van der Waals surface area (Å²) in [5.41, 5.74) is -2.97. The Labute approximate surface area is 144 Å². The number of nitrogens with zero attached hydrogens (tertiary/aromatic N) is 3. The summed E-state index contributed by atoms with van der Waals surface area (Å²) >= 11 is 0. The van der Waals surface area contributed by atoms with Crippen molar-refractivity contribution in [1.29, 1.82) is 5.26 Å². The molecule has 134 valence electrons. The number of hydrogen-bond donors (Lipinski definition) is 2. The molecule has 2 rings (SSSR count). The van der Waals surface area contributed by atoms with E-state index in [-0.39, 0.29) is 11.3 Å². The maximum absolute atomic E-state index is 13.2. The van der Waals surface area contributed by atoms with Gasteiger partial charge in [0, 0.05) is 23.5 Å². The van der Waals surface area contributed by atoms with Gasteiger partial charge in [-0.2, -0.15) is 18.4 Å². The van der Waals surface area contributed by atoms with E-state index in [1.54, 1.807) is 6.07 Å². The zero-order valence-electron chi connectivity index (χ0n) is 13.1. The summed E-state index contributed by atoms with van der Waals surface area (Å²) in [6.07, 6.45) is -2.95. The molecule has 0 amide bonds. The van der Waals surface area contributed by atoms with Gasteiger partial charge in [0.1, 0.15) is 0 Å². The van der Waals surface area contributed by atoms with Crippen molar-refractivity contribution in [3.8, 4) is 17.6 Å². The summed E-state index contributed by atoms with van der Waals surface area (Å²) in [7, 11) is 0. The number of benzene rings is 1. The third-order valence-corrected chi connectivity index (χ3v) is 3.36. The lowest BCUT2D eigenvalue weighted by Gasteiger charge is -2.12. The zero-order chi connectivity index (χ0) is 19.6. The Morgan fingerprint density at radius 1 is 1.35 bits per heavy atom. The van der Waals surface area contributed by atoms with Gasteiger partial charge in [0.25, 0.3) is 0 Å². The average molecular weight is 365 g/mol. The van der Waals surface area contributed by atoms with Crippen LogP contribution in [-0.2, 0) is 6.18 Å². The van der Waals surface area contributed by atoms with Crippen molar-refractivity contribution in [2.75, 3.05) is 0 Å². The van der Waals surface area contributed by atoms with Crippen molar-refractivity contribution < 1.29 is 28.3 Å². The zero-order valence-corrected chi connectivity index (χ0v) is 13.1. The molecule has 2 aromatic rings. The van der Waals surface area contributed by atoms with Crippen molar-refractivity contribution in [2.24, 2.45) is 0 Å². The summed E-state index contributed by atoms with van der Waals surface area (Å²) in [6, 6.07) is 4.07. The lowest BCUT2D eigenvalue weighted by atomic mass is 9.99. The van der Waals surface area contributed by atoms with E-state index >= 15 is 0 Å². The van der Waals surface area contributed by atoms with E-state index in [1.165, 1.54) is 6.92 Å². The van der Waals surface area contributed by atoms with Crippen molar-refractivity contribution >= 4 is 17.3 Å². The predicted molar refractivity (Wildman–Crippen MR) is 83.9 cm³/mol. The second-order valence-electron chi connectivity index (χ2n) is 5.20. The minimum atomic E-state index is -4.75. The smallest absolute Gasteiger partial charge is 0.417 e. The highest BCUT2D eigenvalue weighted by molar-refractivity contribution is 5.91. The monoisotopic (exact) mass is 365 g/mol. The number of rotatable bonds is 3. The van der Waals surface area contributed by atoms with Crippen molar-refractivity contribution in [3.63, 3.8) is 0 Å². The molecule has 0 bridgehead atoms. The summed E-state index contributed by atoms with van der Waals surface area (Å²) in [5.74, 6) is -1.83. The van der Waals surface area contributed by atoms with Crippen molar-refractivity contribution in [1.82, 2.24) is 4.98 Å². The Kier molecular flexibility index (Phi) is 4.84. The molecule has 7 nitrogen and oxygen atoms in total. The van der Waals surface area contributed by atoms with Gasteiger partial charge < -0.3 is 10.2 Å². The Morgan fingerprint density at radius 3 is 2.54 bits per heavy atom. The maximum atomic E-state index is 13.2. The Bertz CT molecular complexity index is 962. The molecule has 0 aliphatic carbocycles. The Balaban J connectivity index is 2.68. The van der Waals surface area contributed by atoms with Crippen LogP contribution in [0.15, 0.2) is 24.4 Å². The largest absolute Gasteiger partial charge is 0.504 e. The summed E-state index contributed by atoms with van der Waals surface area (Å²) in [6.45, 7) is 1.36. The van der Waals surface area contributed by atoms with E-state index in [4.69, 9.17) is 0 Å². The standard InChI is InChI=1S/C16H10F3N3O4/c1-8-2-12(16(17,18)19)11(7-21-8)10(6-20)3-9-4-13(22(25)26)15(24)14(23)5-9/h2-5,7,23-24H,1H3. The number of halogens is 3. The topological polar surface area (TPSA) is 120 Å². The number of alkyl halides is 3. The van der Waals surface area contributed by atoms with Crippen molar-refractivity contribution in [2.45, 2.75) is 13.1 Å². The number of nitro groups is 1. The molecule has 26 heavy (non-hydrogen) atoms. The van der Waals surface area contributed by atoms with Gasteiger partial charge in [-0.1, -0.05) is 0 Å². The highest BCUT2D eigenvalue weighted by Crippen LogP contribution is 2.38. The predicted octanol–water partition coefficient (Wildman–Crippen LogP) is 3.79. The third kappa shape index (κ3) is 3.72. The highest BCUT2D eigenvalue weighted by Gasteiger charge is 2.34. The van der Waals surface area contributed by atoms with E-state index < -0.39 is 45.0 Å². The van der Waals surface area contributed by atoms with Crippen LogP contribution in [0.3, 0.4) is 0 Å². The van der Waals surface area contributed by atoms with Crippen LogP contribution in [0.1, 0.15) is 22.4 Å². The SMILES string of the molecule is Cc1cc(C(F)(F)F)c(C(C#N)=Cc2cc(O)c(O)c([N+](=O)[O-])c2)cn1. The molecule has 2 N–H and O–H groups in total. The van der Waals surface area contributed by atoms with Crippen LogP contribution >= 0.6 is 0 Å². The van der Waals surface area contributed by atoms with E-state index in [0.29, 0.717) is 0 Å². The quantitative estimate of drug-likeness (QED) is 0.369. The normalized spacial score (nSPS) is 11.9. The minimum absolute atomic E-state index is 0.0938. The first-order valence-corrected chi connectivity index (χ1v) is 6.91. The first-order chi connectivity index (χ1) is 12.0. The molecular formula is C16H10F3N3O4. The molecule has 0 aliphatic rings. The van der Waals surface area contributed by atoms with Gasteiger partial charge in [0.15, 0.2) is 5.75 Å². The number of allylic oxidation sites excluding steroid dienone is 1. The second-order valence-corrected chi connectivity index (χ2v) is 5.20. The number of phenolic OH excluding ortho intramolecular Hbond substituents is 2. The van der Waals surface area contributed by atoms with E-state index in [2.05, 4.69) is 4.98 Å². The van der Waals surface area contributed by atoms with Gasteiger partial charge in [-0.15, -0.1) is 0 Å². The third-order valence-electron chi connectivity index (χ3n) is 3.36. The summed E-state index contributed by atoms with van der Waals surface area (Å²) in [5, 5.41) is 39.1. The van der Waals surface area contributed by atoms with E-state index in [9.17, 15) is 38.8 Å². The van der Waals surface area contributed by atoms with Gasteiger partial charge in [-0.3, -0.25) is 15.1 Å². The van der Waals surface area contributed by atoms with Crippen LogP contribution in [-0.4, -0.2) is 20.1 Å². The van der Waals surface area contributed by atoms with Crippen LogP contribution in [0, 0.1) is 28.4 Å². The number of nitriles is 1. The maximum Gasteiger partial charge on any atom is 0.417 e. The van der Waals surface area contributed by atoms with E-state index in [0.717, 1.165) is 30.5 Å². The number of aromatic hydroxyl groups is 2. The molecule has 0 spiro atoms. The molecule has 10 heteroatoms. The molecule has 0 radical (unpaired) electrons. The molecule has 1 aromatic heterocycles. The molecule has 0 unspecified atom stereocenters. The van der Waals surface area contributed by atoms with Gasteiger partial charge in [-0.25, -0.2) is 0 Å². The number of aryl methyl sites for hydroxylation is 1. The van der Waals surface area contributed by atoms with Gasteiger partial charge in [-0.05, 0) is 30.7 Å². The Morgan fingerprint density at radius 2 is 2.00 bits per heavy atom. The Hall–Kier alpha value is -3.61. The van der Waals surface area contributed by atoms with Gasteiger partial charge in [0.2, 0.25) is 5.75 Å². The number of hydrogen-bond acceptors (Lipinski definition) is 6. The summed E-state index contributed by atoms with van der Waals surface area (Å²) < 4.78 is 39.7. The molecule has 1 aromatic carbocycles. The first-order valence-electron chi connectivity index (χ1n) is 6.91. The minimum Gasteiger partial charge on any atom is -0.504 e. The molecule has 0 saturated carbocycles. The second kappa shape index (κ2) is 6.72. The van der Waals surface area contributed by atoms with Crippen LogP contribution in [0.2, 0.25) is 0 Å². The fraction of sp³-hybridized carbons (Fsp3) is 0.125. The lowest BCUT2D eigenvalue weighted by Crippen LogP contribution is -2.10. The highest BCUT2D eigenvalue weighted by atomic mass is 19.4. The molecular weight excluding hydrogens is 355 g/mol. The molecule has 0 saturated heterocycles. The molecule has 0 fully saturated rings. The fourth-order valence-corrected chi connectivity index (χ4v) is 2.19. The van der Waals surface area contributed by atoms with Crippen LogP contribution in [0.4, 0.5) is 18.9 Å². The fourth-order valence-electron chi connectivity index (χ4n) is 2.19. The average Bonchev–Trinajstić information content (AvgIpc) is 2.54. The number of aromatic nitrogens is 1. The van der Waals surface area contributed by atoms with Gasteiger partial charge >= 0.3 is 11.9 Å². The first kappa shape index (κ1) is 18.7. The van der Waals surface area contributed by atoms with Crippen molar-refractivity contribution in [3.05, 3.63) is 56.9 Å².